The summed E-state index contributed by atoms with van der Waals surface area (Å²) in [7, 11) is 0. The molecular weight excluding hydrogens is 126 g/mol. The molecule has 54 valence electrons. The molecule has 1 rings (SSSR count). The average Bonchev–Trinajstić information content (AvgIpc) is 2.09. The van der Waals surface area contributed by atoms with Gasteiger partial charge < -0.3 is 0 Å². The number of Topliss-reactive ketones (excluding diaryl/α,β-unsaturated/α-hetero) is 1. The lowest BCUT2D eigenvalue weighted by Gasteiger charge is -2.08. The molecule has 0 aliphatic heterocycles. The van der Waals surface area contributed by atoms with Gasteiger partial charge in [-0.25, -0.2) is 0 Å². The van der Waals surface area contributed by atoms with Gasteiger partial charge in [-0.05, 0) is 11.8 Å². The number of carbonyl (C=O) groups excluding carboxylic acids is 1. The molecule has 1 saturated carbocycles. The Balaban J connectivity index is 2.76. The van der Waals surface area contributed by atoms with Gasteiger partial charge in [-0.1, -0.05) is 13.8 Å². The van der Waals surface area contributed by atoms with Gasteiger partial charge in [0.15, 0.2) is 5.78 Å². The quantitative estimate of drug-likeness (QED) is 0.506. The van der Waals surface area contributed by atoms with E-state index in [1.807, 2.05) is 19.9 Å². The Morgan fingerprint density at radius 2 is 2.20 bits per heavy atom. The fraction of sp³-hybridized carbons (Fsp3) is 0.750. The summed E-state index contributed by atoms with van der Waals surface area (Å²) in [6, 6.07) is 2.04. The minimum atomic E-state index is -0.324. The highest BCUT2D eigenvalue weighted by Gasteiger charge is 2.36. The van der Waals surface area contributed by atoms with Crippen LogP contribution in [0.4, 0.5) is 0 Å². The van der Waals surface area contributed by atoms with E-state index in [4.69, 9.17) is 5.26 Å². The average molecular weight is 137 g/mol. The molecule has 1 fully saturated rings. The van der Waals surface area contributed by atoms with Gasteiger partial charge >= 0.3 is 0 Å². The van der Waals surface area contributed by atoms with Crippen molar-refractivity contribution in [2.75, 3.05) is 0 Å². The lowest BCUT2D eigenvalue weighted by Crippen LogP contribution is -2.10. The molecule has 1 aliphatic carbocycles. The molecule has 10 heavy (non-hydrogen) atoms. The third-order valence-corrected chi connectivity index (χ3v) is 2.43. The monoisotopic (exact) mass is 137 g/mol. The molecule has 0 aromatic heterocycles. The lowest BCUT2D eigenvalue weighted by molar-refractivity contribution is -0.119. The molecule has 0 amide bonds. The van der Waals surface area contributed by atoms with Crippen molar-refractivity contribution < 1.29 is 4.79 Å². The number of hydrogen-bond acceptors (Lipinski definition) is 2. The Hall–Kier alpha value is -0.840. The molecule has 0 spiro atoms. The fourth-order valence-corrected chi connectivity index (χ4v) is 1.44. The Labute approximate surface area is 60.8 Å². The Morgan fingerprint density at radius 1 is 1.60 bits per heavy atom. The first kappa shape index (κ1) is 7.27. The van der Waals surface area contributed by atoms with Gasteiger partial charge in [-0.2, -0.15) is 5.26 Å². The molecule has 0 bridgehead atoms. The predicted octanol–water partition coefficient (Wildman–Crippen LogP) is 1.37. The van der Waals surface area contributed by atoms with Crippen LogP contribution in [0.1, 0.15) is 20.3 Å². The van der Waals surface area contributed by atoms with Crippen molar-refractivity contribution in [3.05, 3.63) is 0 Å². The van der Waals surface area contributed by atoms with Crippen LogP contribution in [0.15, 0.2) is 0 Å². The maximum Gasteiger partial charge on any atom is 0.150 e. The third-order valence-electron chi connectivity index (χ3n) is 2.43. The zero-order valence-electron chi connectivity index (χ0n) is 6.29. The first-order valence-corrected chi connectivity index (χ1v) is 3.59. The summed E-state index contributed by atoms with van der Waals surface area (Å²) in [5.41, 5.74) is 0. The number of carbonyl (C=O) groups is 1. The van der Waals surface area contributed by atoms with Gasteiger partial charge in [-0.15, -0.1) is 0 Å². The molecule has 2 nitrogen and oxygen atoms in total. The van der Waals surface area contributed by atoms with E-state index in [2.05, 4.69) is 0 Å². The van der Waals surface area contributed by atoms with E-state index in [1.165, 1.54) is 0 Å². The van der Waals surface area contributed by atoms with Crippen LogP contribution >= 0.6 is 0 Å². The molecule has 1 aliphatic rings. The summed E-state index contributed by atoms with van der Waals surface area (Å²) in [5, 5.41) is 8.55. The van der Waals surface area contributed by atoms with E-state index in [-0.39, 0.29) is 17.6 Å². The molecule has 0 saturated heterocycles. The van der Waals surface area contributed by atoms with Crippen LogP contribution in [-0.4, -0.2) is 5.78 Å². The normalized spacial score (nSPS) is 39.7. The van der Waals surface area contributed by atoms with Crippen molar-refractivity contribution in [3.63, 3.8) is 0 Å². The second-order valence-corrected chi connectivity index (χ2v) is 3.11. The molecule has 0 N–H and O–H groups in total. The van der Waals surface area contributed by atoms with Gasteiger partial charge in [0.2, 0.25) is 0 Å². The number of rotatable bonds is 0. The Morgan fingerprint density at radius 3 is 2.40 bits per heavy atom. The summed E-state index contributed by atoms with van der Waals surface area (Å²) >= 11 is 0. The van der Waals surface area contributed by atoms with E-state index < -0.39 is 0 Å². The topological polar surface area (TPSA) is 40.9 Å². The van der Waals surface area contributed by atoms with E-state index in [9.17, 15) is 4.79 Å². The molecule has 2 heteroatoms. The van der Waals surface area contributed by atoms with E-state index in [0.717, 1.165) is 0 Å². The number of nitriles is 1. The fourth-order valence-electron chi connectivity index (χ4n) is 1.44. The third kappa shape index (κ3) is 0.923. The van der Waals surface area contributed by atoms with E-state index in [0.29, 0.717) is 12.3 Å². The van der Waals surface area contributed by atoms with Crippen LogP contribution in [0.2, 0.25) is 0 Å². The summed E-state index contributed by atoms with van der Waals surface area (Å²) in [5.74, 6) is 0.465. The minimum Gasteiger partial charge on any atom is -0.298 e. The van der Waals surface area contributed by atoms with Crippen molar-refractivity contribution in [1.29, 1.82) is 5.26 Å². The van der Waals surface area contributed by atoms with Gasteiger partial charge in [-0.3, -0.25) is 4.79 Å². The van der Waals surface area contributed by atoms with Crippen LogP contribution in [-0.2, 0) is 4.79 Å². The van der Waals surface area contributed by atoms with Gasteiger partial charge in [0, 0.05) is 6.42 Å². The van der Waals surface area contributed by atoms with Crippen molar-refractivity contribution in [3.8, 4) is 6.07 Å². The first-order chi connectivity index (χ1) is 4.66. The highest BCUT2D eigenvalue weighted by molar-refractivity contribution is 5.86. The smallest absolute Gasteiger partial charge is 0.150 e. The Kier molecular flexibility index (Phi) is 1.76. The number of nitrogens with zero attached hydrogens (tertiary/aromatic N) is 1. The summed E-state index contributed by atoms with van der Waals surface area (Å²) < 4.78 is 0. The molecule has 3 unspecified atom stereocenters. The minimum absolute atomic E-state index is 0.127. The van der Waals surface area contributed by atoms with Crippen LogP contribution in [0.25, 0.3) is 0 Å². The van der Waals surface area contributed by atoms with E-state index in [1.54, 1.807) is 0 Å². The second-order valence-electron chi connectivity index (χ2n) is 3.11. The molecule has 0 aromatic carbocycles. The van der Waals surface area contributed by atoms with Crippen LogP contribution in [0, 0.1) is 29.1 Å². The first-order valence-electron chi connectivity index (χ1n) is 3.59. The molecular formula is C8H11NO. The highest BCUT2D eigenvalue weighted by atomic mass is 16.1. The number of hydrogen-bond donors (Lipinski definition) is 0. The van der Waals surface area contributed by atoms with Crippen molar-refractivity contribution in [2.24, 2.45) is 17.8 Å². The maximum atomic E-state index is 11.0. The van der Waals surface area contributed by atoms with Gasteiger partial charge in [0.05, 0.1) is 6.07 Å². The molecule has 0 heterocycles. The van der Waals surface area contributed by atoms with Crippen LogP contribution in [0.5, 0.6) is 0 Å². The summed E-state index contributed by atoms with van der Waals surface area (Å²) in [6.07, 6.45) is 0.597. The highest BCUT2D eigenvalue weighted by Crippen LogP contribution is 2.32. The van der Waals surface area contributed by atoms with Crippen LogP contribution < -0.4 is 0 Å². The van der Waals surface area contributed by atoms with Gasteiger partial charge in [0.25, 0.3) is 0 Å². The number of ketones is 1. The van der Waals surface area contributed by atoms with Gasteiger partial charge in [0.1, 0.15) is 5.92 Å². The maximum absolute atomic E-state index is 11.0. The van der Waals surface area contributed by atoms with E-state index >= 15 is 0 Å². The molecule has 3 atom stereocenters. The largest absolute Gasteiger partial charge is 0.298 e. The summed E-state index contributed by atoms with van der Waals surface area (Å²) in [4.78, 5) is 11.0. The van der Waals surface area contributed by atoms with Crippen molar-refractivity contribution in [2.45, 2.75) is 20.3 Å². The lowest BCUT2D eigenvalue weighted by atomic mass is 9.94. The zero-order chi connectivity index (χ0) is 7.72. The standard InChI is InChI=1S/C8H11NO/c1-5-3-8(10)7(4-9)6(5)2/h5-7H,3H2,1-2H3. The molecule has 0 radical (unpaired) electrons. The predicted molar refractivity (Wildman–Crippen MR) is 37.1 cm³/mol. The SMILES string of the molecule is CC1CC(=O)C(C#N)C1C. The Bertz CT molecular complexity index is 192. The summed E-state index contributed by atoms with van der Waals surface area (Å²) in [6.45, 7) is 4.00. The van der Waals surface area contributed by atoms with Crippen LogP contribution in [0.3, 0.4) is 0 Å². The second kappa shape index (κ2) is 2.42. The van der Waals surface area contributed by atoms with Crippen molar-refractivity contribution in [1.82, 2.24) is 0 Å². The van der Waals surface area contributed by atoms with Crippen molar-refractivity contribution >= 4 is 5.78 Å². The molecule has 0 aromatic rings. The zero-order valence-corrected chi connectivity index (χ0v) is 6.29.